The van der Waals surface area contributed by atoms with Crippen LogP contribution in [-0.2, 0) is 10.0 Å². The molecule has 3 rings (SSSR count). The zero-order valence-electron chi connectivity index (χ0n) is 16.7. The zero-order chi connectivity index (χ0) is 21.9. The number of nitro groups is 1. The van der Waals surface area contributed by atoms with Crippen LogP contribution in [0.25, 0.3) is 0 Å². The molecule has 0 saturated carbocycles. The second-order valence-corrected chi connectivity index (χ2v) is 8.93. The van der Waals surface area contributed by atoms with Crippen molar-refractivity contribution in [3.8, 4) is 5.75 Å². The molecule has 0 bridgehead atoms. The Morgan fingerprint density at radius 1 is 1.17 bits per heavy atom. The largest absolute Gasteiger partial charge is 0.495 e. The fourth-order valence-electron chi connectivity index (χ4n) is 3.26. The molecule has 1 aliphatic heterocycles. The third kappa shape index (κ3) is 4.70. The first-order valence-corrected chi connectivity index (χ1v) is 10.9. The number of nitrogens with zero attached hydrogens (tertiary/aromatic N) is 2. The molecule has 0 aliphatic carbocycles. The molecule has 1 saturated heterocycles. The molecule has 0 atom stereocenters. The molecule has 30 heavy (non-hydrogen) atoms. The Morgan fingerprint density at radius 3 is 2.37 bits per heavy atom. The molecule has 1 N–H and O–H groups in total. The van der Waals surface area contributed by atoms with Crippen molar-refractivity contribution in [3.05, 3.63) is 58.1 Å². The molecular formula is C20H23N3O6S. The number of amides is 1. The fourth-order valence-corrected chi connectivity index (χ4v) is 4.33. The van der Waals surface area contributed by atoms with Crippen LogP contribution in [0, 0.1) is 16.0 Å². The van der Waals surface area contributed by atoms with E-state index >= 15 is 0 Å². The van der Waals surface area contributed by atoms with Gasteiger partial charge in [-0.15, -0.1) is 0 Å². The first kappa shape index (κ1) is 21.6. The van der Waals surface area contributed by atoms with E-state index in [1.165, 1.54) is 43.5 Å². The molecule has 0 aromatic heterocycles. The van der Waals surface area contributed by atoms with Gasteiger partial charge in [-0.05, 0) is 49.1 Å². The standard InChI is InChI=1S/C20H23N3O6S/c1-14-9-11-22(12-10-14)20(24)15-3-6-17(7-4-15)30(27,28)21-18-13-16(23(25)26)5-8-19(18)29-2/h3-8,13-14,21H,9-12H2,1-2H3. The van der Waals surface area contributed by atoms with Gasteiger partial charge in [0.25, 0.3) is 21.6 Å². The van der Waals surface area contributed by atoms with Gasteiger partial charge in [-0.2, -0.15) is 0 Å². The van der Waals surface area contributed by atoms with Gasteiger partial charge < -0.3 is 9.64 Å². The molecule has 9 nitrogen and oxygen atoms in total. The lowest BCUT2D eigenvalue weighted by atomic mass is 9.98. The van der Waals surface area contributed by atoms with Crippen molar-refractivity contribution in [1.29, 1.82) is 0 Å². The van der Waals surface area contributed by atoms with Crippen LogP contribution >= 0.6 is 0 Å². The van der Waals surface area contributed by atoms with Gasteiger partial charge in [0, 0.05) is 30.8 Å². The summed E-state index contributed by atoms with van der Waals surface area (Å²) in [6.07, 6.45) is 1.90. The van der Waals surface area contributed by atoms with Crippen molar-refractivity contribution in [2.24, 2.45) is 5.92 Å². The van der Waals surface area contributed by atoms with E-state index in [4.69, 9.17) is 4.74 Å². The predicted molar refractivity (Wildman–Crippen MR) is 111 cm³/mol. The highest BCUT2D eigenvalue weighted by molar-refractivity contribution is 7.92. The lowest BCUT2D eigenvalue weighted by Gasteiger charge is -2.30. The number of benzene rings is 2. The van der Waals surface area contributed by atoms with Gasteiger partial charge in [0.05, 0.1) is 22.6 Å². The van der Waals surface area contributed by atoms with Crippen molar-refractivity contribution in [3.63, 3.8) is 0 Å². The van der Waals surface area contributed by atoms with Gasteiger partial charge >= 0.3 is 0 Å². The Kier molecular flexibility index (Phi) is 6.25. The van der Waals surface area contributed by atoms with Gasteiger partial charge in [-0.1, -0.05) is 6.92 Å². The van der Waals surface area contributed by atoms with Gasteiger partial charge in [-0.25, -0.2) is 8.42 Å². The normalized spacial score (nSPS) is 14.9. The number of carbonyl (C=O) groups is 1. The van der Waals surface area contributed by atoms with Crippen molar-refractivity contribution >= 4 is 27.3 Å². The molecule has 0 unspecified atom stereocenters. The average Bonchev–Trinajstić information content (AvgIpc) is 2.73. The number of hydrogen-bond acceptors (Lipinski definition) is 6. The summed E-state index contributed by atoms with van der Waals surface area (Å²) in [4.78, 5) is 24.7. The van der Waals surface area contributed by atoms with Gasteiger partial charge in [0.15, 0.2) is 0 Å². The van der Waals surface area contributed by atoms with E-state index in [0.717, 1.165) is 18.9 Å². The summed E-state index contributed by atoms with van der Waals surface area (Å²) < 4.78 is 32.9. The highest BCUT2D eigenvalue weighted by Gasteiger charge is 2.23. The fraction of sp³-hybridized carbons (Fsp3) is 0.350. The number of rotatable bonds is 6. The first-order valence-electron chi connectivity index (χ1n) is 9.46. The second-order valence-electron chi connectivity index (χ2n) is 7.25. The van der Waals surface area contributed by atoms with Crippen LogP contribution in [0.3, 0.4) is 0 Å². The molecule has 0 radical (unpaired) electrons. The van der Waals surface area contributed by atoms with Crippen molar-refractivity contribution in [1.82, 2.24) is 4.90 Å². The average molecular weight is 433 g/mol. The third-order valence-electron chi connectivity index (χ3n) is 5.12. The van der Waals surface area contributed by atoms with Gasteiger partial charge in [0.1, 0.15) is 5.75 Å². The van der Waals surface area contributed by atoms with Crippen LogP contribution in [0.5, 0.6) is 5.75 Å². The number of non-ortho nitro benzene ring substituents is 1. The van der Waals surface area contributed by atoms with Crippen molar-refractivity contribution in [2.45, 2.75) is 24.7 Å². The number of hydrogen-bond donors (Lipinski definition) is 1. The molecule has 1 heterocycles. The topological polar surface area (TPSA) is 119 Å². The summed E-state index contributed by atoms with van der Waals surface area (Å²) in [5.41, 5.74) is 0.0935. The second kappa shape index (κ2) is 8.70. The maximum absolute atomic E-state index is 12.7. The SMILES string of the molecule is COc1ccc([N+](=O)[O-])cc1NS(=O)(=O)c1ccc(C(=O)N2CCC(C)CC2)cc1. The number of anilines is 1. The zero-order valence-corrected chi connectivity index (χ0v) is 17.5. The minimum absolute atomic E-state index is 0.0470. The predicted octanol–water partition coefficient (Wildman–Crippen LogP) is 3.28. The van der Waals surface area contributed by atoms with E-state index in [0.29, 0.717) is 24.6 Å². The third-order valence-corrected chi connectivity index (χ3v) is 6.50. The molecule has 2 aromatic rings. The minimum atomic E-state index is -4.04. The number of carbonyl (C=O) groups excluding carboxylic acids is 1. The molecular weight excluding hydrogens is 410 g/mol. The van der Waals surface area contributed by atoms with Crippen LogP contribution < -0.4 is 9.46 Å². The summed E-state index contributed by atoms with van der Waals surface area (Å²) in [5.74, 6) is 0.618. The molecule has 160 valence electrons. The molecule has 0 spiro atoms. The van der Waals surface area contributed by atoms with Crippen LogP contribution in [0.15, 0.2) is 47.4 Å². The molecule has 1 amide bonds. The Morgan fingerprint density at radius 2 is 1.80 bits per heavy atom. The Hall–Kier alpha value is -3.14. The van der Waals surface area contributed by atoms with Crippen LogP contribution in [0.1, 0.15) is 30.1 Å². The Balaban J connectivity index is 1.79. The van der Waals surface area contributed by atoms with Crippen LogP contribution in [0.4, 0.5) is 11.4 Å². The summed E-state index contributed by atoms with van der Waals surface area (Å²) in [7, 11) is -2.71. The van der Waals surface area contributed by atoms with Crippen molar-refractivity contribution in [2.75, 3.05) is 24.9 Å². The molecule has 1 aliphatic rings. The number of sulfonamides is 1. The quantitative estimate of drug-likeness (QED) is 0.552. The summed E-state index contributed by atoms with van der Waals surface area (Å²) >= 11 is 0. The smallest absolute Gasteiger partial charge is 0.271 e. The number of piperidine rings is 1. The minimum Gasteiger partial charge on any atom is -0.495 e. The van der Waals surface area contributed by atoms with E-state index in [-0.39, 0.29) is 27.9 Å². The van der Waals surface area contributed by atoms with E-state index < -0.39 is 14.9 Å². The highest BCUT2D eigenvalue weighted by Crippen LogP contribution is 2.31. The Labute approximate surface area is 174 Å². The van der Waals surface area contributed by atoms with E-state index in [1.807, 2.05) is 0 Å². The molecule has 2 aromatic carbocycles. The summed E-state index contributed by atoms with van der Waals surface area (Å²) in [5, 5.41) is 11.0. The summed E-state index contributed by atoms with van der Waals surface area (Å²) in [6, 6.07) is 9.25. The van der Waals surface area contributed by atoms with E-state index in [9.17, 15) is 23.3 Å². The number of nitro benzene ring substituents is 1. The van der Waals surface area contributed by atoms with E-state index in [1.54, 1.807) is 4.90 Å². The van der Waals surface area contributed by atoms with Gasteiger partial charge in [0.2, 0.25) is 0 Å². The first-order chi connectivity index (χ1) is 14.2. The highest BCUT2D eigenvalue weighted by atomic mass is 32.2. The van der Waals surface area contributed by atoms with Crippen LogP contribution in [-0.4, -0.2) is 44.3 Å². The maximum Gasteiger partial charge on any atom is 0.271 e. The molecule has 10 heteroatoms. The number of methoxy groups -OCH3 is 1. The summed E-state index contributed by atoms with van der Waals surface area (Å²) in [6.45, 7) is 3.53. The Bertz CT molecular complexity index is 1040. The number of ether oxygens (including phenoxy) is 1. The van der Waals surface area contributed by atoms with Crippen molar-refractivity contribution < 1.29 is 22.9 Å². The lowest BCUT2D eigenvalue weighted by molar-refractivity contribution is -0.384. The van der Waals surface area contributed by atoms with E-state index in [2.05, 4.69) is 11.6 Å². The lowest BCUT2D eigenvalue weighted by Crippen LogP contribution is -2.37. The molecule has 1 fully saturated rings. The number of nitrogens with one attached hydrogen (secondary N) is 1. The number of likely N-dealkylation sites (tertiary alicyclic amines) is 1. The van der Waals surface area contributed by atoms with Crippen LogP contribution in [0.2, 0.25) is 0 Å². The monoisotopic (exact) mass is 433 g/mol. The maximum atomic E-state index is 12.7. The van der Waals surface area contributed by atoms with Gasteiger partial charge in [-0.3, -0.25) is 19.6 Å².